The molecule has 2 rings (SSSR count). The first-order valence-electron chi connectivity index (χ1n) is 5.45. The molecule has 0 spiro atoms. The molecular formula is C14H16NS2+. The van der Waals surface area contributed by atoms with Crippen LogP contribution in [0.15, 0.2) is 69.3 Å². The van der Waals surface area contributed by atoms with Crippen molar-refractivity contribution in [3.63, 3.8) is 0 Å². The Hall–Kier alpha value is -0.900. The predicted molar refractivity (Wildman–Crippen MR) is 77.6 cm³/mol. The zero-order valence-corrected chi connectivity index (χ0v) is 11.4. The lowest BCUT2D eigenvalue weighted by Gasteiger charge is -2.05. The third-order valence-corrected chi connectivity index (χ3v) is 5.30. The summed E-state index contributed by atoms with van der Waals surface area (Å²) in [5.41, 5.74) is 5.91. The van der Waals surface area contributed by atoms with Crippen molar-refractivity contribution in [2.45, 2.75) is 14.7 Å². The summed E-state index contributed by atoms with van der Waals surface area (Å²) >= 11 is 1.76. The van der Waals surface area contributed by atoms with E-state index in [1.807, 2.05) is 6.07 Å². The van der Waals surface area contributed by atoms with E-state index < -0.39 is 0 Å². The summed E-state index contributed by atoms with van der Waals surface area (Å²) < 4.78 is 0. The summed E-state index contributed by atoms with van der Waals surface area (Å²) in [4.78, 5) is 3.92. The molecule has 0 amide bonds. The van der Waals surface area contributed by atoms with E-state index in [2.05, 4.69) is 54.8 Å². The highest BCUT2D eigenvalue weighted by Crippen LogP contribution is 2.24. The zero-order chi connectivity index (χ0) is 12.1. The first kappa shape index (κ1) is 12.6. The van der Waals surface area contributed by atoms with Crippen LogP contribution in [0.1, 0.15) is 0 Å². The van der Waals surface area contributed by atoms with Crippen LogP contribution in [0, 0.1) is 0 Å². The average molecular weight is 262 g/mol. The molecule has 17 heavy (non-hydrogen) atoms. The molecule has 3 heteroatoms. The molecule has 0 heterocycles. The lowest BCUT2D eigenvalue weighted by molar-refractivity contribution is 1.27. The molecule has 1 nitrogen and oxygen atoms in total. The first-order chi connectivity index (χ1) is 8.35. The van der Waals surface area contributed by atoms with Crippen molar-refractivity contribution >= 4 is 22.7 Å². The zero-order valence-electron chi connectivity index (χ0n) is 9.80. The van der Waals surface area contributed by atoms with Gasteiger partial charge in [0.2, 0.25) is 0 Å². The normalized spacial score (nSPS) is 12.4. The molecule has 88 valence electrons. The lowest BCUT2D eigenvalue weighted by Crippen LogP contribution is -2.15. The molecular weight excluding hydrogens is 246 g/mol. The molecule has 2 N–H and O–H groups in total. The maximum atomic E-state index is 5.91. The van der Waals surface area contributed by atoms with E-state index in [-0.39, 0.29) is 10.9 Å². The Morgan fingerprint density at radius 3 is 2.06 bits per heavy atom. The smallest absolute Gasteiger partial charge is 0.168 e. The number of rotatable bonds is 4. The summed E-state index contributed by atoms with van der Waals surface area (Å²) in [5, 5.41) is 0. The van der Waals surface area contributed by atoms with Gasteiger partial charge in [0, 0.05) is 4.90 Å². The second kappa shape index (κ2) is 6.15. The van der Waals surface area contributed by atoms with Crippen molar-refractivity contribution in [3.8, 4) is 0 Å². The molecule has 1 atom stereocenters. The van der Waals surface area contributed by atoms with Gasteiger partial charge in [0.15, 0.2) is 15.7 Å². The van der Waals surface area contributed by atoms with Gasteiger partial charge in [0.25, 0.3) is 0 Å². The molecule has 2 aromatic carbocycles. The quantitative estimate of drug-likeness (QED) is 0.675. The highest BCUT2D eigenvalue weighted by molar-refractivity contribution is 7.98. The summed E-state index contributed by atoms with van der Waals surface area (Å²) in [7, 11) is 0.0000529. The minimum absolute atomic E-state index is 0.0000529. The third-order valence-electron chi connectivity index (χ3n) is 2.54. The monoisotopic (exact) mass is 262 g/mol. The van der Waals surface area contributed by atoms with Crippen LogP contribution in [0.5, 0.6) is 0 Å². The molecule has 0 aliphatic rings. The van der Waals surface area contributed by atoms with Gasteiger partial charge in [0.1, 0.15) is 0 Å². The number of hydrogen-bond donors (Lipinski definition) is 1. The minimum atomic E-state index is 0.0000529. The van der Waals surface area contributed by atoms with Gasteiger partial charge in [-0.25, -0.2) is 0 Å². The van der Waals surface area contributed by atoms with Crippen LogP contribution in [0.25, 0.3) is 0 Å². The molecule has 0 radical (unpaired) electrons. The summed E-state index contributed by atoms with van der Waals surface area (Å²) in [5.74, 6) is 0.669. The van der Waals surface area contributed by atoms with Crippen molar-refractivity contribution in [1.29, 1.82) is 0 Å². The molecule has 2 aromatic rings. The molecule has 0 aromatic heterocycles. The molecule has 0 saturated heterocycles. The molecule has 0 bridgehead atoms. The van der Waals surface area contributed by atoms with Crippen LogP contribution in [0.2, 0.25) is 0 Å². The van der Waals surface area contributed by atoms with E-state index in [1.54, 1.807) is 11.8 Å². The van der Waals surface area contributed by atoms with Crippen LogP contribution in [-0.4, -0.2) is 12.1 Å². The maximum absolute atomic E-state index is 5.91. The SMILES string of the molecule is CSc1ccc([S+](CN)c2ccccc2)cc1. The largest absolute Gasteiger partial charge is 0.288 e. The van der Waals surface area contributed by atoms with Crippen LogP contribution < -0.4 is 5.73 Å². The average Bonchev–Trinajstić information content (AvgIpc) is 2.42. The van der Waals surface area contributed by atoms with Crippen LogP contribution >= 0.6 is 11.8 Å². The predicted octanol–water partition coefficient (Wildman–Crippen LogP) is 3.36. The Labute approximate surface area is 110 Å². The Bertz CT molecular complexity index is 453. The van der Waals surface area contributed by atoms with E-state index >= 15 is 0 Å². The third kappa shape index (κ3) is 3.06. The lowest BCUT2D eigenvalue weighted by atomic mass is 10.4. The van der Waals surface area contributed by atoms with E-state index in [0.29, 0.717) is 5.88 Å². The van der Waals surface area contributed by atoms with Gasteiger partial charge in [-0.1, -0.05) is 18.2 Å². The fraction of sp³-hybridized carbons (Fsp3) is 0.143. The van der Waals surface area contributed by atoms with E-state index in [9.17, 15) is 0 Å². The Morgan fingerprint density at radius 1 is 0.941 bits per heavy atom. The summed E-state index contributed by atoms with van der Waals surface area (Å²) in [6.45, 7) is 0. The van der Waals surface area contributed by atoms with E-state index in [4.69, 9.17) is 5.73 Å². The van der Waals surface area contributed by atoms with Crippen molar-refractivity contribution < 1.29 is 0 Å². The van der Waals surface area contributed by atoms with Crippen LogP contribution in [-0.2, 0) is 10.9 Å². The number of nitrogens with two attached hydrogens (primary N) is 1. The first-order valence-corrected chi connectivity index (χ1v) is 8.07. The Balaban J connectivity index is 2.29. The minimum Gasteiger partial charge on any atom is -0.288 e. The highest BCUT2D eigenvalue weighted by Gasteiger charge is 2.22. The van der Waals surface area contributed by atoms with E-state index in [1.165, 1.54) is 14.7 Å². The van der Waals surface area contributed by atoms with Gasteiger partial charge in [0.05, 0.1) is 10.9 Å². The standard InChI is InChI=1S/C14H16NS2/c1-16-12-7-9-14(10-8-12)17(11-15)13-5-3-2-4-6-13/h2-10H,11,15H2,1H3/q+1. The Morgan fingerprint density at radius 2 is 1.53 bits per heavy atom. The number of thioether (sulfide) groups is 1. The molecule has 0 aliphatic carbocycles. The van der Waals surface area contributed by atoms with Gasteiger partial charge < -0.3 is 0 Å². The fourth-order valence-corrected chi connectivity index (χ4v) is 3.67. The second-order valence-electron chi connectivity index (χ2n) is 3.55. The molecule has 0 fully saturated rings. The molecule has 0 aliphatic heterocycles. The Kier molecular flexibility index (Phi) is 4.54. The van der Waals surface area contributed by atoms with Crippen molar-refractivity contribution in [1.82, 2.24) is 0 Å². The number of benzene rings is 2. The van der Waals surface area contributed by atoms with Gasteiger partial charge in [-0.05, 0) is 42.7 Å². The van der Waals surface area contributed by atoms with E-state index in [0.717, 1.165) is 0 Å². The van der Waals surface area contributed by atoms with Crippen molar-refractivity contribution in [3.05, 3.63) is 54.6 Å². The second-order valence-corrected chi connectivity index (χ2v) is 6.48. The molecule has 0 saturated carbocycles. The number of hydrogen-bond acceptors (Lipinski definition) is 2. The topological polar surface area (TPSA) is 26.0 Å². The summed E-state index contributed by atoms with van der Waals surface area (Å²) in [6, 6.07) is 19.2. The fourth-order valence-electron chi connectivity index (χ4n) is 1.65. The van der Waals surface area contributed by atoms with Gasteiger partial charge in [-0.2, -0.15) is 0 Å². The molecule has 1 unspecified atom stereocenters. The summed E-state index contributed by atoms with van der Waals surface area (Å²) in [6.07, 6.45) is 2.09. The van der Waals surface area contributed by atoms with Crippen molar-refractivity contribution in [2.75, 3.05) is 12.1 Å². The van der Waals surface area contributed by atoms with Gasteiger partial charge in [-0.3, -0.25) is 5.73 Å². The van der Waals surface area contributed by atoms with Gasteiger partial charge in [-0.15, -0.1) is 11.8 Å². The highest BCUT2D eigenvalue weighted by atomic mass is 32.2. The van der Waals surface area contributed by atoms with Gasteiger partial charge >= 0.3 is 0 Å². The van der Waals surface area contributed by atoms with Crippen molar-refractivity contribution in [2.24, 2.45) is 5.73 Å². The maximum Gasteiger partial charge on any atom is 0.168 e. The van der Waals surface area contributed by atoms with Crippen LogP contribution in [0.4, 0.5) is 0 Å². The van der Waals surface area contributed by atoms with Crippen LogP contribution in [0.3, 0.4) is 0 Å².